The number of carbonyl (C=O) groups excluding carboxylic acids is 1. The molecule has 0 aromatic carbocycles. The maximum Gasteiger partial charge on any atom is 0.236 e. The largest absolute Gasteiger partial charge is 0.385 e. The molecule has 1 aromatic rings. The van der Waals surface area contributed by atoms with Crippen molar-refractivity contribution in [2.75, 3.05) is 64.9 Å². The second kappa shape index (κ2) is 8.65. The summed E-state index contributed by atoms with van der Waals surface area (Å²) < 4.78 is 5.03. The number of nitrogens with zero attached hydrogens (tertiary/aromatic N) is 5. The molecule has 0 bridgehead atoms. The van der Waals surface area contributed by atoms with E-state index < -0.39 is 0 Å². The molecule has 1 saturated heterocycles. The van der Waals surface area contributed by atoms with E-state index in [1.54, 1.807) is 19.5 Å². The van der Waals surface area contributed by atoms with Crippen LogP contribution in [0.15, 0.2) is 18.5 Å². The molecule has 1 aliphatic heterocycles. The topological polar surface area (TPSA) is 61.8 Å². The summed E-state index contributed by atoms with van der Waals surface area (Å²) in [5, 5.41) is 0. The van der Waals surface area contributed by atoms with Crippen LogP contribution in [0.4, 0.5) is 5.95 Å². The van der Waals surface area contributed by atoms with Crippen LogP contribution in [-0.2, 0) is 9.53 Å². The Morgan fingerprint density at radius 1 is 1.27 bits per heavy atom. The van der Waals surface area contributed by atoms with Gasteiger partial charge in [-0.1, -0.05) is 0 Å². The van der Waals surface area contributed by atoms with E-state index in [9.17, 15) is 4.79 Å². The van der Waals surface area contributed by atoms with Crippen LogP contribution in [0.3, 0.4) is 0 Å². The Labute approximate surface area is 131 Å². The predicted octanol–water partition coefficient (Wildman–Crippen LogP) is 0.0935. The predicted molar refractivity (Wildman–Crippen MR) is 84.8 cm³/mol. The first-order chi connectivity index (χ1) is 10.7. The van der Waals surface area contributed by atoms with Crippen molar-refractivity contribution >= 4 is 11.9 Å². The van der Waals surface area contributed by atoms with Crippen LogP contribution in [0.2, 0.25) is 0 Å². The van der Waals surface area contributed by atoms with E-state index in [4.69, 9.17) is 4.74 Å². The Morgan fingerprint density at radius 3 is 2.59 bits per heavy atom. The molecule has 0 aliphatic carbocycles. The first-order valence-corrected chi connectivity index (χ1v) is 7.68. The van der Waals surface area contributed by atoms with Gasteiger partial charge in [0.25, 0.3) is 0 Å². The van der Waals surface area contributed by atoms with Gasteiger partial charge in [-0.2, -0.15) is 0 Å². The molecule has 22 heavy (non-hydrogen) atoms. The second-order valence-electron chi connectivity index (χ2n) is 5.50. The summed E-state index contributed by atoms with van der Waals surface area (Å²) in [6.07, 6.45) is 4.43. The van der Waals surface area contributed by atoms with Crippen LogP contribution in [0.25, 0.3) is 0 Å². The van der Waals surface area contributed by atoms with Gasteiger partial charge in [0.15, 0.2) is 0 Å². The van der Waals surface area contributed by atoms with E-state index >= 15 is 0 Å². The van der Waals surface area contributed by atoms with Crippen LogP contribution >= 0.6 is 0 Å². The molecule has 1 fully saturated rings. The van der Waals surface area contributed by atoms with Crippen LogP contribution < -0.4 is 4.90 Å². The number of hydrogen-bond donors (Lipinski definition) is 0. The molecular weight excluding hydrogens is 282 g/mol. The monoisotopic (exact) mass is 307 g/mol. The Morgan fingerprint density at radius 2 is 1.95 bits per heavy atom. The van der Waals surface area contributed by atoms with Crippen LogP contribution in [0, 0.1) is 0 Å². The van der Waals surface area contributed by atoms with Gasteiger partial charge in [-0.15, -0.1) is 0 Å². The van der Waals surface area contributed by atoms with Gasteiger partial charge in [0.2, 0.25) is 11.9 Å². The molecule has 122 valence electrons. The number of likely N-dealkylation sites (N-methyl/N-ethyl adjacent to an activating group) is 1. The van der Waals surface area contributed by atoms with E-state index in [0.29, 0.717) is 6.54 Å². The summed E-state index contributed by atoms with van der Waals surface area (Å²) in [5.74, 6) is 0.930. The van der Waals surface area contributed by atoms with E-state index in [1.807, 2.05) is 22.9 Å². The van der Waals surface area contributed by atoms with Crippen molar-refractivity contribution < 1.29 is 9.53 Å². The lowest BCUT2D eigenvalue weighted by Crippen LogP contribution is -2.51. The van der Waals surface area contributed by atoms with Crippen molar-refractivity contribution in [3.8, 4) is 0 Å². The molecule has 0 spiro atoms. The molecule has 7 heteroatoms. The number of aromatic nitrogens is 2. The molecule has 0 atom stereocenters. The zero-order valence-electron chi connectivity index (χ0n) is 13.4. The maximum atomic E-state index is 12.3. The highest BCUT2D eigenvalue weighted by Crippen LogP contribution is 2.09. The number of amides is 1. The Hall–Kier alpha value is -1.73. The van der Waals surface area contributed by atoms with Crippen LogP contribution in [-0.4, -0.2) is 85.7 Å². The molecule has 1 amide bonds. The molecule has 0 N–H and O–H groups in total. The highest BCUT2D eigenvalue weighted by Gasteiger charge is 2.22. The first kappa shape index (κ1) is 16.6. The second-order valence-corrected chi connectivity index (χ2v) is 5.50. The summed E-state index contributed by atoms with van der Waals surface area (Å²) in [6.45, 7) is 5.08. The standard InChI is InChI=1S/C15H25N5O2/c1-18(7-4-12-22-2)13-14(21)19-8-10-20(11-9-19)15-16-5-3-6-17-15/h3,5-6H,4,7-13H2,1-2H3. The minimum absolute atomic E-state index is 0.188. The van der Waals surface area contributed by atoms with E-state index in [2.05, 4.69) is 14.9 Å². The third-order valence-corrected chi connectivity index (χ3v) is 3.76. The fourth-order valence-corrected chi connectivity index (χ4v) is 2.50. The summed E-state index contributed by atoms with van der Waals surface area (Å²) in [7, 11) is 3.67. The number of hydrogen-bond acceptors (Lipinski definition) is 6. The van der Waals surface area contributed by atoms with Gasteiger partial charge < -0.3 is 14.5 Å². The lowest BCUT2D eigenvalue weighted by atomic mass is 10.3. The average molecular weight is 307 g/mol. The highest BCUT2D eigenvalue weighted by molar-refractivity contribution is 5.78. The fraction of sp³-hybridized carbons (Fsp3) is 0.667. The molecule has 2 rings (SSSR count). The Kier molecular flexibility index (Phi) is 6.54. The first-order valence-electron chi connectivity index (χ1n) is 7.68. The minimum Gasteiger partial charge on any atom is -0.385 e. The number of ether oxygens (including phenoxy) is 1. The van der Waals surface area contributed by atoms with Crippen molar-refractivity contribution in [3.05, 3.63) is 18.5 Å². The Balaban J connectivity index is 1.73. The van der Waals surface area contributed by atoms with Gasteiger partial charge in [0.1, 0.15) is 0 Å². The summed E-state index contributed by atoms with van der Waals surface area (Å²) in [6, 6.07) is 1.81. The molecule has 2 heterocycles. The quantitative estimate of drug-likeness (QED) is 0.666. The normalized spacial score (nSPS) is 15.4. The molecule has 1 aromatic heterocycles. The molecular formula is C15H25N5O2. The lowest BCUT2D eigenvalue weighted by Gasteiger charge is -2.35. The number of piperazine rings is 1. The third kappa shape index (κ3) is 4.92. The van der Waals surface area contributed by atoms with Gasteiger partial charge in [-0.3, -0.25) is 9.69 Å². The van der Waals surface area contributed by atoms with Gasteiger partial charge >= 0.3 is 0 Å². The lowest BCUT2D eigenvalue weighted by molar-refractivity contribution is -0.132. The van der Waals surface area contributed by atoms with Crippen molar-refractivity contribution in [1.82, 2.24) is 19.8 Å². The zero-order chi connectivity index (χ0) is 15.8. The van der Waals surface area contributed by atoms with Gasteiger partial charge in [0, 0.05) is 58.8 Å². The van der Waals surface area contributed by atoms with Gasteiger partial charge in [-0.25, -0.2) is 9.97 Å². The smallest absolute Gasteiger partial charge is 0.236 e. The molecule has 0 unspecified atom stereocenters. The van der Waals surface area contributed by atoms with Crippen molar-refractivity contribution in [2.45, 2.75) is 6.42 Å². The van der Waals surface area contributed by atoms with Crippen LogP contribution in [0.1, 0.15) is 6.42 Å². The highest BCUT2D eigenvalue weighted by atomic mass is 16.5. The molecule has 0 saturated carbocycles. The Bertz CT molecular complexity index is 449. The SMILES string of the molecule is COCCCN(C)CC(=O)N1CCN(c2ncccn2)CC1. The van der Waals surface area contributed by atoms with Crippen LogP contribution in [0.5, 0.6) is 0 Å². The zero-order valence-corrected chi connectivity index (χ0v) is 13.4. The maximum absolute atomic E-state index is 12.3. The van der Waals surface area contributed by atoms with Crippen molar-refractivity contribution in [3.63, 3.8) is 0 Å². The van der Waals surface area contributed by atoms with Gasteiger partial charge in [-0.05, 0) is 19.5 Å². The van der Waals surface area contributed by atoms with E-state index in [0.717, 1.165) is 51.7 Å². The molecule has 1 aliphatic rings. The summed E-state index contributed by atoms with van der Waals surface area (Å²) >= 11 is 0. The molecule has 0 radical (unpaired) electrons. The van der Waals surface area contributed by atoms with Crippen molar-refractivity contribution in [2.24, 2.45) is 0 Å². The van der Waals surface area contributed by atoms with E-state index in [-0.39, 0.29) is 5.91 Å². The summed E-state index contributed by atoms with van der Waals surface area (Å²) in [4.78, 5) is 26.9. The number of methoxy groups -OCH3 is 1. The number of rotatable bonds is 7. The number of carbonyl (C=O) groups is 1. The van der Waals surface area contributed by atoms with Gasteiger partial charge in [0.05, 0.1) is 6.54 Å². The summed E-state index contributed by atoms with van der Waals surface area (Å²) in [5.41, 5.74) is 0. The average Bonchev–Trinajstić information content (AvgIpc) is 2.56. The number of anilines is 1. The molecule has 7 nitrogen and oxygen atoms in total. The minimum atomic E-state index is 0.188. The van der Waals surface area contributed by atoms with Crippen molar-refractivity contribution in [1.29, 1.82) is 0 Å². The third-order valence-electron chi connectivity index (χ3n) is 3.76. The van der Waals surface area contributed by atoms with E-state index in [1.165, 1.54) is 0 Å². The fourth-order valence-electron chi connectivity index (χ4n) is 2.50.